The molecule has 0 heterocycles. The number of nitrogens with zero attached hydrogens (tertiary/aromatic N) is 1. The summed E-state index contributed by atoms with van der Waals surface area (Å²) in [7, 11) is 0. The second kappa shape index (κ2) is 6.11. The highest BCUT2D eigenvalue weighted by Gasteiger charge is 2.10. The predicted molar refractivity (Wildman–Crippen MR) is 78.1 cm³/mol. The normalized spacial score (nSPS) is 11.4. The van der Waals surface area contributed by atoms with Gasteiger partial charge in [-0.1, -0.05) is 32.7 Å². The number of oxime groups is 1. The second-order valence-corrected chi connectivity index (χ2v) is 5.13. The largest absolute Gasteiger partial charge is 0.453 e. The molecule has 0 bridgehead atoms. The van der Waals surface area contributed by atoms with Crippen molar-refractivity contribution < 1.29 is 14.3 Å². The van der Waals surface area contributed by atoms with E-state index in [9.17, 15) is 4.39 Å². The lowest BCUT2D eigenvalue weighted by atomic mass is 10.2. The highest BCUT2D eigenvalue weighted by Crippen LogP contribution is 2.32. The van der Waals surface area contributed by atoms with E-state index in [-0.39, 0.29) is 17.1 Å². The molecular weight excluding hydrogens is 351 g/mol. The Morgan fingerprint density at radius 1 is 1.25 bits per heavy atom. The minimum absolute atomic E-state index is 0.0105. The molecule has 0 spiro atoms. The van der Waals surface area contributed by atoms with Crippen LogP contribution in [0.5, 0.6) is 11.5 Å². The standard InChI is InChI=1S/C13H9BrClFN2O2/c14-8-2-4-11(9(15)6-8)20-12-3-1-7(5-10(12)16)13(17)18-19/h1-6,19H,(H2,17,18). The first-order valence-electron chi connectivity index (χ1n) is 5.41. The van der Waals surface area contributed by atoms with Crippen molar-refractivity contribution in [3.63, 3.8) is 0 Å². The summed E-state index contributed by atoms with van der Waals surface area (Å²) in [5.74, 6) is -0.515. The van der Waals surface area contributed by atoms with Gasteiger partial charge in [0.05, 0.1) is 5.02 Å². The smallest absolute Gasteiger partial charge is 0.170 e. The first-order chi connectivity index (χ1) is 9.51. The molecule has 0 saturated carbocycles. The van der Waals surface area contributed by atoms with Crippen LogP contribution in [0.15, 0.2) is 46.0 Å². The molecule has 2 aromatic carbocycles. The highest BCUT2D eigenvalue weighted by atomic mass is 79.9. The third kappa shape index (κ3) is 3.20. The summed E-state index contributed by atoms with van der Waals surface area (Å²) in [4.78, 5) is 0. The summed E-state index contributed by atoms with van der Waals surface area (Å²) in [6, 6.07) is 8.94. The van der Waals surface area contributed by atoms with Gasteiger partial charge in [0.15, 0.2) is 17.4 Å². The van der Waals surface area contributed by atoms with Gasteiger partial charge in [-0.2, -0.15) is 0 Å². The van der Waals surface area contributed by atoms with Crippen LogP contribution in [0.25, 0.3) is 0 Å². The molecule has 0 unspecified atom stereocenters. The lowest BCUT2D eigenvalue weighted by Crippen LogP contribution is -2.13. The van der Waals surface area contributed by atoms with E-state index < -0.39 is 5.82 Å². The van der Waals surface area contributed by atoms with E-state index in [0.29, 0.717) is 10.8 Å². The van der Waals surface area contributed by atoms with Crippen molar-refractivity contribution in [2.24, 2.45) is 10.9 Å². The van der Waals surface area contributed by atoms with Gasteiger partial charge in [-0.25, -0.2) is 4.39 Å². The van der Waals surface area contributed by atoms with Crippen molar-refractivity contribution in [1.29, 1.82) is 0 Å². The molecule has 0 aromatic heterocycles. The van der Waals surface area contributed by atoms with E-state index in [4.69, 9.17) is 27.3 Å². The van der Waals surface area contributed by atoms with Gasteiger partial charge in [0.2, 0.25) is 0 Å². The topological polar surface area (TPSA) is 67.8 Å². The van der Waals surface area contributed by atoms with Crippen molar-refractivity contribution in [1.82, 2.24) is 0 Å². The Hall–Kier alpha value is -1.79. The van der Waals surface area contributed by atoms with E-state index >= 15 is 0 Å². The van der Waals surface area contributed by atoms with Crippen molar-refractivity contribution in [3.8, 4) is 11.5 Å². The minimum atomic E-state index is -0.645. The number of benzene rings is 2. The quantitative estimate of drug-likeness (QED) is 0.375. The van der Waals surface area contributed by atoms with Crippen LogP contribution in [0, 0.1) is 5.82 Å². The van der Waals surface area contributed by atoms with Crippen LogP contribution in [-0.4, -0.2) is 11.0 Å². The fraction of sp³-hybridized carbons (Fsp3) is 0. The zero-order chi connectivity index (χ0) is 14.7. The summed E-state index contributed by atoms with van der Waals surface area (Å²) in [5, 5.41) is 11.7. The summed E-state index contributed by atoms with van der Waals surface area (Å²) < 4.78 is 20.1. The first kappa shape index (κ1) is 14.6. The molecule has 20 heavy (non-hydrogen) atoms. The van der Waals surface area contributed by atoms with Crippen LogP contribution in [0.2, 0.25) is 5.02 Å². The van der Waals surface area contributed by atoms with E-state index in [1.807, 2.05) is 0 Å². The zero-order valence-corrected chi connectivity index (χ0v) is 12.3. The summed E-state index contributed by atoms with van der Waals surface area (Å²) in [6.45, 7) is 0. The number of hydrogen-bond donors (Lipinski definition) is 2. The van der Waals surface area contributed by atoms with Gasteiger partial charge in [-0.15, -0.1) is 0 Å². The molecule has 0 aliphatic carbocycles. The van der Waals surface area contributed by atoms with Crippen LogP contribution in [0.4, 0.5) is 4.39 Å². The van der Waals surface area contributed by atoms with E-state index in [2.05, 4.69) is 21.1 Å². The van der Waals surface area contributed by atoms with Gasteiger partial charge >= 0.3 is 0 Å². The minimum Gasteiger partial charge on any atom is -0.453 e. The molecule has 104 valence electrons. The Labute approximate surface area is 127 Å². The first-order valence-corrected chi connectivity index (χ1v) is 6.58. The lowest BCUT2D eigenvalue weighted by Gasteiger charge is -2.09. The molecule has 0 amide bonds. The van der Waals surface area contributed by atoms with E-state index in [1.165, 1.54) is 12.1 Å². The maximum absolute atomic E-state index is 13.9. The Balaban J connectivity index is 2.30. The van der Waals surface area contributed by atoms with Crippen LogP contribution < -0.4 is 10.5 Å². The van der Waals surface area contributed by atoms with Crippen LogP contribution >= 0.6 is 27.5 Å². The molecule has 7 heteroatoms. The van der Waals surface area contributed by atoms with E-state index in [1.54, 1.807) is 18.2 Å². The van der Waals surface area contributed by atoms with Gasteiger partial charge < -0.3 is 15.7 Å². The molecule has 2 rings (SSSR count). The van der Waals surface area contributed by atoms with Crippen LogP contribution in [0.3, 0.4) is 0 Å². The van der Waals surface area contributed by atoms with Crippen molar-refractivity contribution in [2.45, 2.75) is 0 Å². The van der Waals surface area contributed by atoms with Crippen molar-refractivity contribution >= 4 is 33.4 Å². The number of nitrogens with two attached hydrogens (primary N) is 1. The molecule has 0 saturated heterocycles. The van der Waals surface area contributed by atoms with Crippen molar-refractivity contribution in [2.75, 3.05) is 0 Å². The number of halogens is 3. The lowest BCUT2D eigenvalue weighted by molar-refractivity contribution is 0.318. The predicted octanol–water partition coefficient (Wildman–Crippen LogP) is 4.13. The Kier molecular flexibility index (Phi) is 4.46. The van der Waals surface area contributed by atoms with Gasteiger partial charge in [0, 0.05) is 10.0 Å². The Morgan fingerprint density at radius 3 is 2.55 bits per heavy atom. The molecule has 2 aromatic rings. The number of amidine groups is 1. The fourth-order valence-electron chi connectivity index (χ4n) is 1.48. The zero-order valence-electron chi connectivity index (χ0n) is 9.98. The molecular formula is C13H9BrClFN2O2. The molecule has 0 atom stereocenters. The van der Waals surface area contributed by atoms with E-state index in [0.717, 1.165) is 10.5 Å². The average molecular weight is 360 g/mol. The van der Waals surface area contributed by atoms with Crippen LogP contribution in [0.1, 0.15) is 5.56 Å². The number of hydrogen-bond acceptors (Lipinski definition) is 3. The van der Waals surface area contributed by atoms with Gasteiger partial charge in [0.25, 0.3) is 0 Å². The average Bonchev–Trinajstić information content (AvgIpc) is 2.42. The van der Waals surface area contributed by atoms with Gasteiger partial charge in [-0.3, -0.25) is 0 Å². The maximum atomic E-state index is 13.9. The summed E-state index contributed by atoms with van der Waals surface area (Å²) in [6.07, 6.45) is 0. The molecule has 0 fully saturated rings. The number of ether oxygens (including phenoxy) is 1. The Morgan fingerprint density at radius 2 is 1.95 bits per heavy atom. The van der Waals surface area contributed by atoms with Gasteiger partial charge in [0.1, 0.15) is 5.75 Å². The monoisotopic (exact) mass is 358 g/mol. The van der Waals surface area contributed by atoms with Gasteiger partial charge in [-0.05, 0) is 36.4 Å². The molecule has 0 radical (unpaired) electrons. The highest BCUT2D eigenvalue weighted by molar-refractivity contribution is 9.10. The molecule has 4 nitrogen and oxygen atoms in total. The second-order valence-electron chi connectivity index (χ2n) is 3.81. The Bertz CT molecular complexity index is 679. The fourth-order valence-corrected chi connectivity index (χ4v) is 2.19. The van der Waals surface area contributed by atoms with Crippen molar-refractivity contribution in [3.05, 3.63) is 57.3 Å². The summed E-state index contributed by atoms with van der Waals surface area (Å²) >= 11 is 9.25. The SMILES string of the molecule is N/C(=N\O)c1ccc(Oc2ccc(Br)cc2Cl)c(F)c1. The maximum Gasteiger partial charge on any atom is 0.170 e. The third-order valence-electron chi connectivity index (χ3n) is 2.45. The third-order valence-corrected chi connectivity index (χ3v) is 3.24. The molecule has 0 aliphatic heterocycles. The molecule has 0 aliphatic rings. The molecule has 3 N–H and O–H groups in total. The number of rotatable bonds is 3. The van der Waals surface area contributed by atoms with Crippen LogP contribution in [-0.2, 0) is 0 Å². The summed E-state index contributed by atoms with van der Waals surface area (Å²) in [5.41, 5.74) is 5.62.